The molecule has 1 aliphatic rings. The third-order valence-electron chi connectivity index (χ3n) is 3.97. The predicted octanol–water partition coefficient (Wildman–Crippen LogP) is 2.87. The van der Waals surface area contributed by atoms with Gasteiger partial charge in [-0.3, -0.25) is 0 Å². The molecule has 0 aliphatic heterocycles. The van der Waals surface area contributed by atoms with E-state index in [1.807, 2.05) is 23.8 Å². The molecule has 0 saturated carbocycles. The number of benzene rings is 1. The molecule has 0 amide bonds. The molecule has 9 heteroatoms. The van der Waals surface area contributed by atoms with E-state index in [-0.39, 0.29) is 11.6 Å². The molecule has 8 nitrogen and oxygen atoms in total. The Labute approximate surface area is 144 Å². The summed E-state index contributed by atoms with van der Waals surface area (Å²) in [5, 5.41) is 3.69. The minimum atomic E-state index is -3.87. The summed E-state index contributed by atoms with van der Waals surface area (Å²) in [6, 6.07) is 6.78. The summed E-state index contributed by atoms with van der Waals surface area (Å²) >= 11 is 0. The van der Waals surface area contributed by atoms with Crippen molar-refractivity contribution in [2.24, 2.45) is 5.11 Å². The Bertz CT molecular complexity index is 1000. The predicted molar refractivity (Wildman–Crippen MR) is 91.5 cm³/mol. The van der Waals surface area contributed by atoms with Crippen LogP contribution in [0, 0.1) is 0 Å². The quantitative estimate of drug-likeness (QED) is 0.301. The van der Waals surface area contributed by atoms with E-state index in [0.717, 1.165) is 35.1 Å². The van der Waals surface area contributed by atoms with E-state index >= 15 is 0 Å². The molecule has 1 atom stereocenters. The third-order valence-corrected chi connectivity index (χ3v) is 4.42. The summed E-state index contributed by atoms with van der Waals surface area (Å²) in [7, 11) is -3.87. The maximum atomic E-state index is 12.0. The van der Waals surface area contributed by atoms with Crippen LogP contribution in [0.1, 0.15) is 28.4 Å². The summed E-state index contributed by atoms with van der Waals surface area (Å²) in [5.41, 5.74) is 12.7. The SMILES string of the molecule is CC(Cn1ccc2c1-c1cc(C(=O)OS(C)(=O)=O)ccc1C2)N=[N+]=[N-]. The van der Waals surface area contributed by atoms with Gasteiger partial charge < -0.3 is 8.75 Å². The van der Waals surface area contributed by atoms with Crippen molar-refractivity contribution in [3.05, 3.63) is 57.6 Å². The Morgan fingerprint density at radius 2 is 2.16 bits per heavy atom. The van der Waals surface area contributed by atoms with E-state index in [4.69, 9.17) is 5.53 Å². The molecule has 0 N–H and O–H groups in total. The van der Waals surface area contributed by atoms with Crippen molar-refractivity contribution in [2.45, 2.75) is 25.9 Å². The zero-order valence-corrected chi connectivity index (χ0v) is 14.5. The minimum Gasteiger partial charge on any atom is -0.347 e. The van der Waals surface area contributed by atoms with Crippen LogP contribution in [0.5, 0.6) is 0 Å². The number of fused-ring (bicyclic) bond motifs is 3. The first-order valence-corrected chi connectivity index (χ1v) is 9.39. The largest absolute Gasteiger partial charge is 0.353 e. The highest BCUT2D eigenvalue weighted by Gasteiger charge is 2.25. The Kier molecular flexibility index (Phi) is 4.28. The Balaban J connectivity index is 1.97. The Hall–Kier alpha value is -2.77. The van der Waals surface area contributed by atoms with Gasteiger partial charge in [-0.05, 0) is 34.9 Å². The van der Waals surface area contributed by atoms with Gasteiger partial charge >= 0.3 is 16.1 Å². The van der Waals surface area contributed by atoms with E-state index < -0.39 is 16.1 Å². The fourth-order valence-corrected chi connectivity index (χ4v) is 3.39. The molecular weight excluding hydrogens is 344 g/mol. The van der Waals surface area contributed by atoms with E-state index in [1.54, 1.807) is 18.2 Å². The summed E-state index contributed by atoms with van der Waals surface area (Å²) in [6.45, 7) is 2.33. The average molecular weight is 360 g/mol. The zero-order chi connectivity index (χ0) is 18.2. The first kappa shape index (κ1) is 17.1. The van der Waals surface area contributed by atoms with Crippen LogP contribution < -0.4 is 0 Å². The molecule has 2 aromatic rings. The first-order valence-electron chi connectivity index (χ1n) is 7.58. The fraction of sp³-hybridized carbons (Fsp3) is 0.312. The zero-order valence-electron chi connectivity index (χ0n) is 13.7. The molecule has 0 spiro atoms. The number of hydrogen-bond donors (Lipinski definition) is 0. The van der Waals surface area contributed by atoms with Crippen molar-refractivity contribution in [1.82, 2.24) is 4.57 Å². The van der Waals surface area contributed by atoms with Crippen LogP contribution >= 0.6 is 0 Å². The van der Waals surface area contributed by atoms with Gasteiger partial charge in [-0.1, -0.05) is 18.1 Å². The second kappa shape index (κ2) is 6.27. The lowest BCUT2D eigenvalue weighted by Gasteiger charge is -2.12. The van der Waals surface area contributed by atoms with Gasteiger partial charge in [0.1, 0.15) is 0 Å². The van der Waals surface area contributed by atoms with Gasteiger partial charge in [0, 0.05) is 29.6 Å². The molecule has 1 aliphatic carbocycles. The lowest BCUT2D eigenvalue weighted by Crippen LogP contribution is -2.12. The highest BCUT2D eigenvalue weighted by atomic mass is 32.2. The van der Waals surface area contributed by atoms with Crippen molar-refractivity contribution >= 4 is 16.1 Å². The third kappa shape index (κ3) is 3.52. The number of carbonyl (C=O) groups is 1. The lowest BCUT2D eigenvalue weighted by molar-refractivity contribution is 0.0748. The van der Waals surface area contributed by atoms with Gasteiger partial charge in [0.25, 0.3) is 0 Å². The number of carbonyl (C=O) groups excluding carboxylic acids is 1. The fourth-order valence-electron chi connectivity index (χ4n) is 3.02. The molecule has 0 saturated heterocycles. The van der Waals surface area contributed by atoms with E-state index in [0.29, 0.717) is 6.54 Å². The van der Waals surface area contributed by atoms with Crippen molar-refractivity contribution < 1.29 is 17.4 Å². The maximum Gasteiger partial charge on any atom is 0.353 e. The Morgan fingerprint density at radius 1 is 1.40 bits per heavy atom. The molecule has 130 valence electrons. The van der Waals surface area contributed by atoms with Crippen LogP contribution in [0.2, 0.25) is 0 Å². The number of rotatable bonds is 5. The number of azide groups is 1. The lowest BCUT2D eigenvalue weighted by atomic mass is 10.1. The molecule has 1 aromatic carbocycles. The van der Waals surface area contributed by atoms with Crippen molar-refractivity contribution in [3.63, 3.8) is 0 Å². The van der Waals surface area contributed by atoms with Gasteiger partial charge in [-0.2, -0.15) is 8.42 Å². The van der Waals surface area contributed by atoms with Gasteiger partial charge in [-0.25, -0.2) is 4.79 Å². The highest BCUT2D eigenvalue weighted by Crippen LogP contribution is 2.38. The molecule has 0 bridgehead atoms. The van der Waals surface area contributed by atoms with E-state index in [1.165, 1.54) is 0 Å². The van der Waals surface area contributed by atoms with Crippen molar-refractivity contribution in [2.75, 3.05) is 6.26 Å². The molecule has 0 radical (unpaired) electrons. The smallest absolute Gasteiger partial charge is 0.347 e. The number of nitrogens with zero attached hydrogens (tertiary/aromatic N) is 4. The normalized spacial score (nSPS) is 13.5. The second-order valence-electron chi connectivity index (χ2n) is 6.02. The number of hydrogen-bond acceptors (Lipinski definition) is 5. The van der Waals surface area contributed by atoms with Crippen LogP contribution in [0.15, 0.2) is 35.6 Å². The van der Waals surface area contributed by atoms with E-state index in [2.05, 4.69) is 14.2 Å². The van der Waals surface area contributed by atoms with Crippen LogP contribution in [0.25, 0.3) is 21.7 Å². The van der Waals surface area contributed by atoms with Crippen LogP contribution in [0.3, 0.4) is 0 Å². The number of aromatic nitrogens is 1. The highest BCUT2D eigenvalue weighted by molar-refractivity contribution is 7.86. The topological polar surface area (TPSA) is 114 Å². The molecule has 0 fully saturated rings. The van der Waals surface area contributed by atoms with Crippen LogP contribution in [-0.2, 0) is 27.3 Å². The molecule has 1 heterocycles. The minimum absolute atomic E-state index is 0.174. The summed E-state index contributed by atoms with van der Waals surface area (Å²) < 4.78 is 28.7. The van der Waals surface area contributed by atoms with Gasteiger partial charge in [0.15, 0.2) is 0 Å². The molecular formula is C16H16N4O4S. The van der Waals surface area contributed by atoms with E-state index in [9.17, 15) is 13.2 Å². The Morgan fingerprint density at radius 3 is 2.84 bits per heavy atom. The molecule has 25 heavy (non-hydrogen) atoms. The van der Waals surface area contributed by atoms with Gasteiger partial charge in [0.05, 0.1) is 23.6 Å². The molecule has 1 aromatic heterocycles. The average Bonchev–Trinajstić information content (AvgIpc) is 3.05. The molecule has 3 rings (SSSR count). The van der Waals surface area contributed by atoms with Gasteiger partial charge in [-0.15, -0.1) is 0 Å². The maximum absolute atomic E-state index is 12.0. The second-order valence-corrected chi connectivity index (χ2v) is 7.59. The standard InChI is InChI=1S/C16H16N4O4S/c1-10(18-19-17)9-20-6-5-12-7-11-3-4-13(8-14(11)15(12)20)16(21)24-25(2,22)23/h3-6,8,10H,7,9H2,1-2H3. The van der Waals surface area contributed by atoms with Gasteiger partial charge in [0.2, 0.25) is 0 Å². The summed E-state index contributed by atoms with van der Waals surface area (Å²) in [6.07, 6.45) is 3.48. The van der Waals surface area contributed by atoms with Crippen molar-refractivity contribution in [1.29, 1.82) is 0 Å². The summed E-state index contributed by atoms with van der Waals surface area (Å²) in [5.74, 6) is -0.903. The van der Waals surface area contributed by atoms with Crippen molar-refractivity contribution in [3.8, 4) is 11.3 Å². The monoisotopic (exact) mass is 360 g/mol. The summed E-state index contributed by atoms with van der Waals surface area (Å²) in [4.78, 5) is 14.8. The molecule has 1 unspecified atom stereocenters. The first-order chi connectivity index (χ1) is 11.8. The van der Waals surface area contributed by atoms with Crippen LogP contribution in [0.4, 0.5) is 0 Å². The van der Waals surface area contributed by atoms with Crippen LogP contribution in [-0.4, -0.2) is 31.3 Å².